The van der Waals surface area contributed by atoms with Crippen LogP contribution in [0.5, 0.6) is 11.5 Å². The Morgan fingerprint density at radius 2 is 2.10 bits per heavy atom. The number of aromatic hydroxyl groups is 1. The maximum Gasteiger partial charge on any atom is 0.160 e. The van der Waals surface area contributed by atoms with Gasteiger partial charge in [0.05, 0.1) is 7.11 Å². The number of nitrogens with one attached hydrogen (secondary N) is 1. The number of ether oxygens (including phenoxy) is 1. The zero-order chi connectivity index (χ0) is 14.5. The van der Waals surface area contributed by atoms with Gasteiger partial charge in [0.1, 0.15) is 0 Å². The second-order valence-electron chi connectivity index (χ2n) is 5.48. The van der Waals surface area contributed by atoms with Crippen molar-refractivity contribution in [2.45, 2.75) is 49.9 Å². The molecule has 1 aliphatic rings. The predicted octanol–water partition coefficient (Wildman–Crippen LogP) is 3.73. The molecule has 0 spiro atoms. The first-order valence-corrected chi connectivity index (χ1v) is 8.60. The molecule has 0 heterocycles. The Balaban J connectivity index is 2.05. The van der Waals surface area contributed by atoms with E-state index >= 15 is 0 Å². The summed E-state index contributed by atoms with van der Waals surface area (Å²) in [6.07, 6.45) is 7.44. The molecule has 112 valence electrons. The van der Waals surface area contributed by atoms with Gasteiger partial charge < -0.3 is 15.2 Å². The van der Waals surface area contributed by atoms with E-state index in [4.69, 9.17) is 4.74 Å². The van der Waals surface area contributed by atoms with E-state index in [1.807, 2.05) is 23.9 Å². The van der Waals surface area contributed by atoms with E-state index in [0.717, 1.165) is 5.56 Å². The molecule has 1 aliphatic carbocycles. The lowest BCUT2D eigenvalue weighted by atomic mass is 9.93. The SMILES string of the molecule is COc1cc(C(C)NC2CCCCC2SC)ccc1O. The minimum Gasteiger partial charge on any atom is -0.504 e. The lowest BCUT2D eigenvalue weighted by Gasteiger charge is -2.33. The Morgan fingerprint density at radius 1 is 1.35 bits per heavy atom. The largest absolute Gasteiger partial charge is 0.504 e. The number of hydrogen-bond donors (Lipinski definition) is 2. The Kier molecular flexibility index (Phi) is 5.61. The summed E-state index contributed by atoms with van der Waals surface area (Å²) >= 11 is 1.97. The van der Waals surface area contributed by atoms with E-state index in [2.05, 4.69) is 18.5 Å². The normalized spacial score (nSPS) is 24.4. The Morgan fingerprint density at radius 3 is 2.80 bits per heavy atom. The first kappa shape index (κ1) is 15.5. The van der Waals surface area contributed by atoms with Crippen LogP contribution in [0.4, 0.5) is 0 Å². The fraction of sp³-hybridized carbons (Fsp3) is 0.625. The molecule has 0 bridgehead atoms. The second-order valence-corrected chi connectivity index (χ2v) is 6.56. The standard InChI is InChI=1S/C16H25NO2S/c1-11(12-8-9-14(18)15(10-12)19-2)17-13-6-4-5-7-16(13)20-3/h8-11,13,16-18H,4-7H2,1-3H3. The van der Waals surface area contributed by atoms with Crippen molar-refractivity contribution in [3.05, 3.63) is 23.8 Å². The van der Waals surface area contributed by atoms with Gasteiger partial charge in [-0.2, -0.15) is 11.8 Å². The molecule has 0 radical (unpaired) electrons. The van der Waals surface area contributed by atoms with Crippen LogP contribution in [0.3, 0.4) is 0 Å². The summed E-state index contributed by atoms with van der Waals surface area (Å²) in [6.45, 7) is 2.18. The molecular formula is C16H25NO2S. The van der Waals surface area contributed by atoms with E-state index in [0.29, 0.717) is 17.0 Å². The van der Waals surface area contributed by atoms with Gasteiger partial charge in [0.2, 0.25) is 0 Å². The first-order valence-electron chi connectivity index (χ1n) is 7.31. The molecule has 20 heavy (non-hydrogen) atoms. The van der Waals surface area contributed by atoms with Crippen molar-refractivity contribution in [1.29, 1.82) is 0 Å². The quantitative estimate of drug-likeness (QED) is 0.868. The van der Waals surface area contributed by atoms with Crippen molar-refractivity contribution in [3.8, 4) is 11.5 Å². The van der Waals surface area contributed by atoms with E-state index < -0.39 is 0 Å². The molecule has 2 N–H and O–H groups in total. The van der Waals surface area contributed by atoms with Crippen LogP contribution in [0, 0.1) is 0 Å². The lowest BCUT2D eigenvalue weighted by Crippen LogP contribution is -2.41. The zero-order valence-corrected chi connectivity index (χ0v) is 13.4. The van der Waals surface area contributed by atoms with Gasteiger partial charge in [0.25, 0.3) is 0 Å². The topological polar surface area (TPSA) is 41.5 Å². The van der Waals surface area contributed by atoms with Crippen molar-refractivity contribution < 1.29 is 9.84 Å². The molecule has 3 atom stereocenters. The summed E-state index contributed by atoms with van der Waals surface area (Å²) in [5.41, 5.74) is 1.16. The highest BCUT2D eigenvalue weighted by atomic mass is 32.2. The molecule has 0 aliphatic heterocycles. The number of phenols is 1. The average molecular weight is 295 g/mol. The third-order valence-corrected chi connectivity index (χ3v) is 5.34. The third-order valence-electron chi connectivity index (χ3n) is 4.17. The summed E-state index contributed by atoms with van der Waals surface area (Å²) in [6, 6.07) is 6.44. The highest BCUT2D eigenvalue weighted by Gasteiger charge is 2.25. The number of methoxy groups -OCH3 is 1. The van der Waals surface area contributed by atoms with Gasteiger partial charge in [0, 0.05) is 17.3 Å². The van der Waals surface area contributed by atoms with Crippen molar-refractivity contribution >= 4 is 11.8 Å². The molecule has 1 aromatic carbocycles. The second kappa shape index (κ2) is 7.23. The number of phenolic OH excluding ortho intramolecular Hbond substituents is 1. The van der Waals surface area contributed by atoms with Crippen LogP contribution in [-0.2, 0) is 0 Å². The van der Waals surface area contributed by atoms with Crippen LogP contribution in [0.25, 0.3) is 0 Å². The van der Waals surface area contributed by atoms with Gasteiger partial charge >= 0.3 is 0 Å². The smallest absolute Gasteiger partial charge is 0.160 e. The van der Waals surface area contributed by atoms with Crippen LogP contribution in [0.15, 0.2) is 18.2 Å². The van der Waals surface area contributed by atoms with Crippen LogP contribution >= 0.6 is 11.8 Å². The summed E-state index contributed by atoms with van der Waals surface area (Å²) in [5, 5.41) is 14.1. The van der Waals surface area contributed by atoms with E-state index in [9.17, 15) is 5.11 Å². The maximum absolute atomic E-state index is 9.67. The molecule has 0 amide bonds. The molecule has 3 unspecified atom stereocenters. The van der Waals surface area contributed by atoms with Gasteiger partial charge in [-0.3, -0.25) is 0 Å². The Hall–Kier alpha value is -0.870. The maximum atomic E-state index is 9.67. The number of benzene rings is 1. The molecule has 3 nitrogen and oxygen atoms in total. The molecule has 1 fully saturated rings. The van der Waals surface area contributed by atoms with Gasteiger partial charge in [-0.25, -0.2) is 0 Å². The van der Waals surface area contributed by atoms with Gasteiger partial charge in [-0.05, 0) is 43.7 Å². The molecule has 1 saturated carbocycles. The first-order chi connectivity index (χ1) is 9.65. The van der Waals surface area contributed by atoms with Crippen LogP contribution < -0.4 is 10.1 Å². The minimum atomic E-state index is 0.197. The van der Waals surface area contributed by atoms with Gasteiger partial charge in [-0.1, -0.05) is 18.9 Å². The summed E-state index contributed by atoms with van der Waals surface area (Å²) in [7, 11) is 1.59. The van der Waals surface area contributed by atoms with E-state index in [-0.39, 0.29) is 11.8 Å². The zero-order valence-electron chi connectivity index (χ0n) is 12.6. The highest BCUT2D eigenvalue weighted by Crippen LogP contribution is 2.31. The third kappa shape index (κ3) is 3.61. The van der Waals surface area contributed by atoms with Crippen molar-refractivity contribution in [1.82, 2.24) is 5.32 Å². The minimum absolute atomic E-state index is 0.197. The lowest BCUT2D eigenvalue weighted by molar-refractivity contribution is 0.353. The van der Waals surface area contributed by atoms with Crippen LogP contribution in [0.2, 0.25) is 0 Å². The van der Waals surface area contributed by atoms with Crippen LogP contribution in [0.1, 0.15) is 44.2 Å². The van der Waals surface area contributed by atoms with Gasteiger partial charge in [-0.15, -0.1) is 0 Å². The van der Waals surface area contributed by atoms with Crippen molar-refractivity contribution in [2.75, 3.05) is 13.4 Å². The fourth-order valence-electron chi connectivity index (χ4n) is 2.95. The molecule has 2 rings (SSSR count). The number of thioether (sulfide) groups is 1. The van der Waals surface area contributed by atoms with Crippen molar-refractivity contribution in [3.63, 3.8) is 0 Å². The van der Waals surface area contributed by atoms with Crippen LogP contribution in [-0.4, -0.2) is 29.8 Å². The molecule has 0 saturated heterocycles. The van der Waals surface area contributed by atoms with Gasteiger partial charge in [0.15, 0.2) is 11.5 Å². The molecule has 0 aromatic heterocycles. The summed E-state index contributed by atoms with van der Waals surface area (Å²) in [5.74, 6) is 0.740. The monoisotopic (exact) mass is 295 g/mol. The summed E-state index contributed by atoms with van der Waals surface area (Å²) in [4.78, 5) is 0. The van der Waals surface area contributed by atoms with E-state index in [1.165, 1.54) is 25.7 Å². The molecule has 4 heteroatoms. The predicted molar refractivity (Wildman–Crippen MR) is 85.8 cm³/mol. The Bertz CT molecular complexity index is 438. The molecular weight excluding hydrogens is 270 g/mol. The molecule has 1 aromatic rings. The summed E-state index contributed by atoms with van der Waals surface area (Å²) < 4.78 is 5.19. The number of hydrogen-bond acceptors (Lipinski definition) is 4. The fourth-order valence-corrected chi connectivity index (χ4v) is 3.90. The van der Waals surface area contributed by atoms with E-state index in [1.54, 1.807) is 13.2 Å². The highest BCUT2D eigenvalue weighted by molar-refractivity contribution is 7.99. The van der Waals surface area contributed by atoms with Crippen molar-refractivity contribution in [2.24, 2.45) is 0 Å². The Labute approximate surface area is 126 Å². The number of rotatable bonds is 5. The average Bonchev–Trinajstić information content (AvgIpc) is 2.48.